The summed E-state index contributed by atoms with van der Waals surface area (Å²) in [6.45, 7) is 2.54. The van der Waals surface area contributed by atoms with Gasteiger partial charge >= 0.3 is 0 Å². The van der Waals surface area contributed by atoms with Crippen LogP contribution >= 0.6 is 11.6 Å². The number of ether oxygens (including phenoxy) is 3. The molecule has 2 aliphatic rings. The lowest BCUT2D eigenvalue weighted by Gasteiger charge is -2.48. The highest BCUT2D eigenvalue weighted by molar-refractivity contribution is 6.32. The van der Waals surface area contributed by atoms with Crippen LogP contribution in [0.2, 0.25) is 5.02 Å². The summed E-state index contributed by atoms with van der Waals surface area (Å²) in [5.74, 6) is 2.35. The van der Waals surface area contributed by atoms with Gasteiger partial charge < -0.3 is 19.1 Å². The van der Waals surface area contributed by atoms with E-state index in [-0.39, 0.29) is 12.1 Å². The zero-order valence-corrected chi connectivity index (χ0v) is 18.3. The third-order valence-electron chi connectivity index (χ3n) is 6.11. The molecule has 0 bridgehead atoms. The Morgan fingerprint density at radius 1 is 0.900 bits per heavy atom. The van der Waals surface area contributed by atoms with Gasteiger partial charge in [0.25, 0.3) is 0 Å². The Bertz CT molecular complexity index is 935. The fourth-order valence-electron chi connectivity index (χ4n) is 4.59. The Morgan fingerprint density at radius 3 is 2.40 bits per heavy atom. The Hall–Kier alpha value is -2.44. The summed E-state index contributed by atoms with van der Waals surface area (Å²) in [6.07, 6.45) is 1.10. The predicted octanol–water partition coefficient (Wildman–Crippen LogP) is 3.96. The topological polar surface area (TPSA) is 51.2 Å². The van der Waals surface area contributed by atoms with Crippen molar-refractivity contribution in [3.8, 4) is 17.2 Å². The number of piperidine rings is 1. The molecule has 0 amide bonds. The highest BCUT2D eigenvalue weighted by atomic mass is 35.5. The first-order valence-corrected chi connectivity index (χ1v) is 10.5. The summed E-state index contributed by atoms with van der Waals surface area (Å²) < 4.78 is 16.2. The second-order valence-electron chi connectivity index (χ2n) is 7.73. The summed E-state index contributed by atoms with van der Waals surface area (Å²) in [5, 5.41) is 0.598. The number of benzene rings is 2. The number of methoxy groups -OCH3 is 3. The van der Waals surface area contributed by atoms with Crippen molar-refractivity contribution in [2.75, 3.05) is 45.9 Å². The van der Waals surface area contributed by atoms with Crippen LogP contribution in [0.5, 0.6) is 17.2 Å². The van der Waals surface area contributed by atoms with Gasteiger partial charge in [-0.1, -0.05) is 17.7 Å². The van der Waals surface area contributed by atoms with Crippen LogP contribution in [-0.2, 0) is 4.79 Å². The van der Waals surface area contributed by atoms with Gasteiger partial charge in [-0.15, -0.1) is 0 Å². The lowest BCUT2D eigenvalue weighted by Crippen LogP contribution is -2.57. The van der Waals surface area contributed by atoms with Crippen molar-refractivity contribution in [1.29, 1.82) is 0 Å². The maximum absolute atomic E-state index is 12.6. The van der Waals surface area contributed by atoms with Crippen LogP contribution < -0.4 is 19.1 Å². The molecule has 0 aromatic heterocycles. The highest BCUT2D eigenvalue weighted by Gasteiger charge is 2.39. The standard InChI is InChI=1S/C23H27ClN2O4/c1-28-21-7-4-15(10-23(21)30-3)20-13-18(27)11-17-14-25(8-9-26(17)20)16-5-6-19(24)22(12-16)29-2/h4-7,10,12,17,20H,8-9,11,13-14H2,1-3H3/t17-,20+/m0/s1. The SMILES string of the molecule is COc1cc(N2CCN3[C@@H](CC(=O)C[C@@H]3c3ccc(OC)c(OC)c3)C2)ccc1Cl. The van der Waals surface area contributed by atoms with Gasteiger partial charge in [0, 0.05) is 56.3 Å². The zero-order valence-electron chi connectivity index (χ0n) is 17.6. The van der Waals surface area contributed by atoms with E-state index in [4.69, 9.17) is 25.8 Å². The minimum atomic E-state index is 0.0537. The largest absolute Gasteiger partial charge is 0.495 e. The number of ketones is 1. The lowest BCUT2D eigenvalue weighted by atomic mass is 9.88. The molecule has 7 heteroatoms. The quantitative estimate of drug-likeness (QED) is 0.715. The number of hydrogen-bond acceptors (Lipinski definition) is 6. The third kappa shape index (κ3) is 3.94. The van der Waals surface area contributed by atoms with Gasteiger partial charge in [0.05, 0.1) is 26.4 Å². The number of halogens is 1. The van der Waals surface area contributed by atoms with Crippen LogP contribution in [0.15, 0.2) is 36.4 Å². The van der Waals surface area contributed by atoms with Crippen molar-refractivity contribution < 1.29 is 19.0 Å². The average Bonchev–Trinajstić information content (AvgIpc) is 2.77. The molecule has 2 fully saturated rings. The third-order valence-corrected chi connectivity index (χ3v) is 6.42. The van der Waals surface area contributed by atoms with Gasteiger partial charge in [0.15, 0.2) is 11.5 Å². The van der Waals surface area contributed by atoms with Crippen molar-refractivity contribution in [2.24, 2.45) is 0 Å². The molecule has 160 valence electrons. The van der Waals surface area contributed by atoms with E-state index in [9.17, 15) is 4.79 Å². The average molecular weight is 431 g/mol. The predicted molar refractivity (Wildman–Crippen MR) is 117 cm³/mol. The van der Waals surface area contributed by atoms with Gasteiger partial charge in [-0.05, 0) is 29.8 Å². The lowest BCUT2D eigenvalue weighted by molar-refractivity contribution is -0.125. The number of carbonyl (C=O) groups is 1. The maximum atomic E-state index is 12.6. The van der Waals surface area contributed by atoms with Crippen LogP contribution in [0.1, 0.15) is 24.4 Å². The smallest absolute Gasteiger partial charge is 0.161 e. The first-order chi connectivity index (χ1) is 14.5. The van der Waals surface area contributed by atoms with E-state index in [1.54, 1.807) is 21.3 Å². The summed E-state index contributed by atoms with van der Waals surface area (Å²) in [6, 6.07) is 12.0. The monoisotopic (exact) mass is 430 g/mol. The second kappa shape index (κ2) is 8.74. The van der Waals surface area contributed by atoms with Crippen LogP contribution in [0, 0.1) is 0 Å². The molecule has 0 unspecified atom stereocenters. The van der Waals surface area contributed by atoms with E-state index >= 15 is 0 Å². The summed E-state index contributed by atoms with van der Waals surface area (Å²) in [4.78, 5) is 17.4. The molecule has 2 saturated heterocycles. The number of piperazine rings is 1. The normalized spacial score (nSPS) is 21.9. The maximum Gasteiger partial charge on any atom is 0.161 e. The number of nitrogens with zero attached hydrogens (tertiary/aromatic N) is 2. The highest BCUT2D eigenvalue weighted by Crippen LogP contribution is 2.39. The van der Waals surface area contributed by atoms with E-state index in [1.165, 1.54) is 0 Å². The number of Topliss-reactive ketones (excluding diaryl/α,β-unsaturated/α-hetero) is 1. The van der Waals surface area contributed by atoms with Crippen molar-refractivity contribution in [1.82, 2.24) is 4.90 Å². The summed E-state index contributed by atoms with van der Waals surface area (Å²) >= 11 is 6.18. The first kappa shape index (κ1) is 20.8. The van der Waals surface area contributed by atoms with Crippen LogP contribution in [-0.4, -0.2) is 57.7 Å². The molecule has 0 aliphatic carbocycles. The van der Waals surface area contributed by atoms with E-state index in [0.29, 0.717) is 40.9 Å². The van der Waals surface area contributed by atoms with Crippen LogP contribution in [0.25, 0.3) is 0 Å². The molecule has 6 nitrogen and oxygen atoms in total. The van der Waals surface area contributed by atoms with Crippen LogP contribution in [0.3, 0.4) is 0 Å². The Morgan fingerprint density at radius 2 is 1.67 bits per heavy atom. The molecule has 0 spiro atoms. The molecule has 0 saturated carbocycles. The Labute approximate surface area is 182 Å². The minimum absolute atomic E-state index is 0.0537. The fourth-order valence-corrected chi connectivity index (χ4v) is 4.78. The van der Waals surface area contributed by atoms with Gasteiger partial charge in [-0.2, -0.15) is 0 Å². The van der Waals surface area contributed by atoms with E-state index in [0.717, 1.165) is 30.9 Å². The number of carbonyl (C=O) groups excluding carboxylic acids is 1. The number of fused-ring (bicyclic) bond motifs is 1. The fraction of sp³-hybridized carbons (Fsp3) is 0.435. The van der Waals surface area contributed by atoms with Crippen molar-refractivity contribution in [3.05, 3.63) is 47.0 Å². The molecule has 0 N–H and O–H groups in total. The number of hydrogen-bond donors (Lipinski definition) is 0. The number of rotatable bonds is 5. The summed E-state index contributed by atoms with van der Waals surface area (Å²) in [5.41, 5.74) is 2.16. The van der Waals surface area contributed by atoms with Gasteiger partial charge in [0.1, 0.15) is 11.5 Å². The molecule has 4 rings (SSSR count). The molecule has 2 aromatic carbocycles. The molecule has 0 radical (unpaired) electrons. The van der Waals surface area contributed by atoms with Crippen LogP contribution in [0.4, 0.5) is 5.69 Å². The zero-order chi connectivity index (χ0) is 21.3. The van der Waals surface area contributed by atoms with Crippen molar-refractivity contribution in [2.45, 2.75) is 24.9 Å². The number of anilines is 1. The first-order valence-electron chi connectivity index (χ1n) is 10.1. The van der Waals surface area contributed by atoms with E-state index < -0.39 is 0 Å². The van der Waals surface area contributed by atoms with Gasteiger partial charge in [-0.25, -0.2) is 0 Å². The molecule has 2 aliphatic heterocycles. The Kier molecular flexibility index (Phi) is 6.06. The molecule has 30 heavy (non-hydrogen) atoms. The molecular formula is C23H27ClN2O4. The van der Waals surface area contributed by atoms with Gasteiger partial charge in [0.2, 0.25) is 0 Å². The Balaban J connectivity index is 1.57. The molecular weight excluding hydrogens is 404 g/mol. The molecule has 2 atom stereocenters. The second-order valence-corrected chi connectivity index (χ2v) is 8.14. The minimum Gasteiger partial charge on any atom is -0.495 e. The van der Waals surface area contributed by atoms with Crippen molar-refractivity contribution in [3.63, 3.8) is 0 Å². The van der Waals surface area contributed by atoms with E-state index in [2.05, 4.69) is 9.80 Å². The van der Waals surface area contributed by atoms with E-state index in [1.807, 2.05) is 36.4 Å². The molecule has 2 heterocycles. The van der Waals surface area contributed by atoms with Crippen molar-refractivity contribution >= 4 is 23.1 Å². The van der Waals surface area contributed by atoms with Gasteiger partial charge in [-0.3, -0.25) is 9.69 Å². The summed E-state index contributed by atoms with van der Waals surface area (Å²) in [7, 11) is 4.88. The molecule has 2 aromatic rings.